The van der Waals surface area contributed by atoms with Crippen molar-refractivity contribution < 1.29 is 19.8 Å². The zero-order valence-electron chi connectivity index (χ0n) is 3.87. The number of carboxylic acids is 2. The summed E-state index contributed by atoms with van der Waals surface area (Å²) in [4.78, 5) is 19.1. The molecule has 0 saturated heterocycles. The monoisotopic (exact) mass is 256 g/mol. The third kappa shape index (κ3) is 11.7. The van der Waals surface area contributed by atoms with E-state index in [9.17, 15) is 9.59 Å². The zero-order chi connectivity index (χ0) is 6.57. The first-order valence-corrected chi connectivity index (χ1v) is 1.77. The summed E-state index contributed by atoms with van der Waals surface area (Å²) in [6, 6.07) is 0. The minimum atomic E-state index is -1.26. The van der Waals surface area contributed by atoms with Gasteiger partial charge in [-0.3, -0.25) is 0 Å². The molecule has 0 atom stereocenters. The quantitative estimate of drug-likeness (QED) is 0.480. The Labute approximate surface area is 91.6 Å². The standard InChI is InChI=1S/C4H4O4.Ba.2H/c5-3(6)1-2-4(7)8;;;/h1-2H,(H,5,6)(H,7,8);;;/b2-1+;;;. The summed E-state index contributed by atoms with van der Waals surface area (Å²) in [6.07, 6.45) is 1.12. The predicted octanol–water partition coefficient (Wildman–Crippen LogP) is -1.20. The first-order chi connectivity index (χ1) is 3.63. The second kappa shape index (κ2) is 6.37. The number of hydrogen-bond acceptors (Lipinski definition) is 2. The molecule has 9 heavy (non-hydrogen) atoms. The van der Waals surface area contributed by atoms with Crippen LogP contribution >= 0.6 is 0 Å². The van der Waals surface area contributed by atoms with Gasteiger partial charge in [0.05, 0.1) is 0 Å². The summed E-state index contributed by atoms with van der Waals surface area (Å²) in [6.45, 7) is 0. The van der Waals surface area contributed by atoms with Crippen molar-refractivity contribution in [2.75, 3.05) is 0 Å². The van der Waals surface area contributed by atoms with E-state index in [-0.39, 0.29) is 48.9 Å². The van der Waals surface area contributed by atoms with Gasteiger partial charge in [0.2, 0.25) is 0 Å². The third-order valence-electron chi connectivity index (χ3n) is 0.368. The van der Waals surface area contributed by atoms with E-state index in [1.807, 2.05) is 0 Å². The van der Waals surface area contributed by atoms with Gasteiger partial charge in [-0.15, -0.1) is 0 Å². The molecule has 0 fully saturated rings. The molecule has 0 rings (SSSR count). The average molecular weight is 255 g/mol. The summed E-state index contributed by atoms with van der Waals surface area (Å²) in [5, 5.41) is 15.6. The second-order valence-corrected chi connectivity index (χ2v) is 1.01. The van der Waals surface area contributed by atoms with Crippen molar-refractivity contribution in [2.24, 2.45) is 0 Å². The molecule has 0 radical (unpaired) electrons. The van der Waals surface area contributed by atoms with Gasteiger partial charge in [0.15, 0.2) is 0 Å². The molecule has 48 valence electrons. The Morgan fingerprint density at radius 2 is 1.22 bits per heavy atom. The van der Waals surface area contributed by atoms with Crippen molar-refractivity contribution in [3.05, 3.63) is 12.2 Å². The van der Waals surface area contributed by atoms with E-state index in [1.54, 1.807) is 0 Å². The Bertz CT molecular complexity index is 124. The van der Waals surface area contributed by atoms with Crippen LogP contribution in [0.3, 0.4) is 0 Å². The van der Waals surface area contributed by atoms with Crippen molar-refractivity contribution in [3.8, 4) is 0 Å². The number of carboxylic acid groups (broad SMARTS) is 2. The van der Waals surface area contributed by atoms with Crippen LogP contribution in [0.2, 0.25) is 0 Å². The molecule has 0 heterocycles. The second-order valence-electron chi connectivity index (χ2n) is 1.01. The van der Waals surface area contributed by atoms with E-state index in [0.29, 0.717) is 12.2 Å². The minimum absolute atomic E-state index is 0. The molecule has 0 spiro atoms. The van der Waals surface area contributed by atoms with Gasteiger partial charge in [0, 0.05) is 12.2 Å². The first kappa shape index (κ1) is 12.0. The fourth-order valence-corrected chi connectivity index (χ4v) is 0.143. The third-order valence-corrected chi connectivity index (χ3v) is 0.368. The Morgan fingerprint density at radius 3 is 1.33 bits per heavy atom. The Hall–Kier alpha value is 0.251. The van der Waals surface area contributed by atoms with E-state index in [1.165, 1.54) is 0 Å². The topological polar surface area (TPSA) is 74.6 Å². The van der Waals surface area contributed by atoms with Crippen LogP contribution in [0.1, 0.15) is 0 Å². The normalized spacial score (nSPS) is 8.44. The van der Waals surface area contributed by atoms with Crippen molar-refractivity contribution in [2.45, 2.75) is 0 Å². The van der Waals surface area contributed by atoms with Crippen LogP contribution in [0.15, 0.2) is 12.2 Å². The molecule has 0 aromatic heterocycles. The molecule has 0 saturated carbocycles. The molecule has 0 aromatic rings. The summed E-state index contributed by atoms with van der Waals surface area (Å²) in [5.41, 5.74) is 0. The Balaban J connectivity index is 0. The van der Waals surface area contributed by atoms with Gasteiger partial charge in [-0.05, 0) is 0 Å². The number of carbonyl (C=O) groups is 2. The van der Waals surface area contributed by atoms with E-state index in [2.05, 4.69) is 0 Å². The molecule has 0 aliphatic rings. The maximum atomic E-state index is 9.55. The Kier molecular flexibility index (Phi) is 8.48. The van der Waals surface area contributed by atoms with Gasteiger partial charge in [-0.25, -0.2) is 9.59 Å². The van der Waals surface area contributed by atoms with E-state index >= 15 is 0 Å². The van der Waals surface area contributed by atoms with Gasteiger partial charge in [-0.1, -0.05) is 0 Å². The predicted molar refractivity (Wildman–Crippen MR) is 33.0 cm³/mol. The summed E-state index contributed by atoms with van der Waals surface area (Å²) >= 11 is 0. The number of aliphatic carboxylic acids is 2. The van der Waals surface area contributed by atoms with Gasteiger partial charge in [0.25, 0.3) is 0 Å². The molecule has 4 nitrogen and oxygen atoms in total. The molecule has 0 amide bonds. The van der Waals surface area contributed by atoms with E-state index < -0.39 is 11.9 Å². The molecular weight excluding hydrogens is 249 g/mol. The summed E-state index contributed by atoms with van der Waals surface area (Å²) in [5.74, 6) is -2.51. The molecule has 0 unspecified atom stereocenters. The SMILES string of the molecule is O=C(O)/C=C/C(=O)O.[BaH2]. The van der Waals surface area contributed by atoms with E-state index in [4.69, 9.17) is 10.2 Å². The van der Waals surface area contributed by atoms with Crippen molar-refractivity contribution >= 4 is 60.8 Å². The number of rotatable bonds is 2. The van der Waals surface area contributed by atoms with Crippen LogP contribution < -0.4 is 0 Å². The summed E-state index contributed by atoms with van der Waals surface area (Å²) in [7, 11) is 0. The van der Waals surface area contributed by atoms with Crippen LogP contribution in [-0.4, -0.2) is 71.0 Å². The van der Waals surface area contributed by atoms with Gasteiger partial charge in [0.1, 0.15) is 0 Å². The first-order valence-electron chi connectivity index (χ1n) is 1.77. The zero-order valence-corrected chi connectivity index (χ0v) is 3.87. The number of hydrogen-bond donors (Lipinski definition) is 2. The fourth-order valence-electron chi connectivity index (χ4n) is 0.143. The van der Waals surface area contributed by atoms with Crippen LogP contribution in [0.5, 0.6) is 0 Å². The van der Waals surface area contributed by atoms with Gasteiger partial charge in [-0.2, -0.15) is 0 Å². The van der Waals surface area contributed by atoms with Gasteiger partial charge >= 0.3 is 60.8 Å². The molecule has 2 N–H and O–H groups in total. The molecule has 0 aromatic carbocycles. The molecule has 0 aliphatic heterocycles. The van der Waals surface area contributed by atoms with Crippen LogP contribution in [0.4, 0.5) is 0 Å². The van der Waals surface area contributed by atoms with Crippen molar-refractivity contribution in [1.82, 2.24) is 0 Å². The molecule has 0 aliphatic carbocycles. The van der Waals surface area contributed by atoms with E-state index in [0.717, 1.165) is 0 Å². The maximum absolute atomic E-state index is 9.55. The van der Waals surface area contributed by atoms with Crippen LogP contribution in [0.25, 0.3) is 0 Å². The molecular formula is C4H6BaO4. The molecule has 0 bridgehead atoms. The van der Waals surface area contributed by atoms with Crippen molar-refractivity contribution in [1.29, 1.82) is 0 Å². The van der Waals surface area contributed by atoms with Crippen LogP contribution in [0, 0.1) is 0 Å². The molecule has 5 heteroatoms. The Morgan fingerprint density at radius 1 is 1.00 bits per heavy atom. The fraction of sp³-hybridized carbons (Fsp3) is 0. The van der Waals surface area contributed by atoms with Crippen LogP contribution in [-0.2, 0) is 9.59 Å². The van der Waals surface area contributed by atoms with Gasteiger partial charge < -0.3 is 10.2 Å². The summed E-state index contributed by atoms with van der Waals surface area (Å²) < 4.78 is 0. The average Bonchev–Trinajstić information content (AvgIpc) is 1.61. The van der Waals surface area contributed by atoms with Crippen molar-refractivity contribution in [3.63, 3.8) is 0 Å².